The Kier molecular flexibility index (Phi) is 4.24. The molecule has 0 aliphatic carbocycles. The van der Waals surface area contributed by atoms with Crippen LogP contribution in [0, 0.1) is 12.8 Å². The quantitative estimate of drug-likeness (QED) is 0.784. The summed E-state index contributed by atoms with van der Waals surface area (Å²) in [6, 6.07) is 5.62. The molecule has 1 fully saturated rings. The number of carbonyl (C=O) groups excluding carboxylic acids is 2. The highest BCUT2D eigenvalue weighted by molar-refractivity contribution is 9.10. The molecule has 1 atom stereocenters. The van der Waals surface area contributed by atoms with Crippen LogP contribution in [0.4, 0.5) is 0 Å². The molecule has 4 nitrogen and oxygen atoms in total. The molecule has 0 aromatic heterocycles. The maximum atomic E-state index is 12.4. The highest BCUT2D eigenvalue weighted by Crippen LogP contribution is 2.22. The first kappa shape index (κ1) is 14.1. The summed E-state index contributed by atoms with van der Waals surface area (Å²) in [4.78, 5) is 25.5. The summed E-state index contributed by atoms with van der Waals surface area (Å²) in [5.74, 6) is -0.460. The van der Waals surface area contributed by atoms with Crippen molar-refractivity contribution in [2.45, 2.75) is 13.3 Å². The first-order valence-electron chi connectivity index (χ1n) is 6.15. The zero-order chi connectivity index (χ0) is 14.0. The summed E-state index contributed by atoms with van der Waals surface area (Å²) in [5, 5.41) is 0. The fraction of sp³-hybridized carbons (Fsp3) is 0.429. The lowest BCUT2D eigenvalue weighted by atomic mass is 10.1. The molecule has 19 heavy (non-hydrogen) atoms. The third-order valence-corrected chi connectivity index (χ3v) is 3.76. The van der Waals surface area contributed by atoms with Crippen LogP contribution in [0.15, 0.2) is 22.7 Å². The number of methoxy groups -OCH3 is 1. The number of esters is 1. The summed E-state index contributed by atoms with van der Waals surface area (Å²) in [6.07, 6.45) is 0.672. The third-order valence-electron chi connectivity index (χ3n) is 3.30. The average Bonchev–Trinajstić information content (AvgIpc) is 2.85. The molecule has 1 unspecified atom stereocenters. The number of likely N-dealkylation sites (tertiary alicyclic amines) is 1. The number of ether oxygens (including phenoxy) is 1. The molecule has 1 aromatic rings. The Morgan fingerprint density at radius 3 is 2.74 bits per heavy atom. The van der Waals surface area contributed by atoms with Gasteiger partial charge < -0.3 is 9.64 Å². The number of hydrogen-bond acceptors (Lipinski definition) is 3. The topological polar surface area (TPSA) is 46.6 Å². The van der Waals surface area contributed by atoms with Crippen molar-refractivity contribution in [3.05, 3.63) is 33.8 Å². The third kappa shape index (κ3) is 3.15. The number of hydrogen-bond donors (Lipinski definition) is 0. The van der Waals surface area contributed by atoms with Gasteiger partial charge >= 0.3 is 5.97 Å². The van der Waals surface area contributed by atoms with Crippen molar-refractivity contribution in [3.8, 4) is 0 Å². The average molecular weight is 326 g/mol. The van der Waals surface area contributed by atoms with Crippen LogP contribution in [0.25, 0.3) is 0 Å². The Labute approximate surface area is 120 Å². The van der Waals surface area contributed by atoms with Gasteiger partial charge in [0.2, 0.25) is 0 Å². The number of aryl methyl sites for hydroxylation is 1. The van der Waals surface area contributed by atoms with Crippen LogP contribution < -0.4 is 0 Å². The highest BCUT2D eigenvalue weighted by Gasteiger charge is 2.32. The second kappa shape index (κ2) is 5.74. The van der Waals surface area contributed by atoms with Crippen molar-refractivity contribution >= 4 is 27.8 Å². The van der Waals surface area contributed by atoms with Crippen LogP contribution in [0.3, 0.4) is 0 Å². The van der Waals surface area contributed by atoms with E-state index in [-0.39, 0.29) is 17.8 Å². The first-order chi connectivity index (χ1) is 9.01. The van der Waals surface area contributed by atoms with E-state index >= 15 is 0 Å². The summed E-state index contributed by atoms with van der Waals surface area (Å²) in [7, 11) is 1.38. The fourth-order valence-electron chi connectivity index (χ4n) is 2.35. The predicted octanol–water partition coefficient (Wildman–Crippen LogP) is 2.39. The van der Waals surface area contributed by atoms with Gasteiger partial charge in [-0.15, -0.1) is 0 Å². The number of carbonyl (C=O) groups is 2. The normalized spacial score (nSPS) is 18.5. The van der Waals surface area contributed by atoms with Crippen molar-refractivity contribution in [2.24, 2.45) is 5.92 Å². The maximum Gasteiger partial charge on any atom is 0.310 e. The van der Waals surface area contributed by atoms with E-state index in [0.717, 1.165) is 10.0 Å². The van der Waals surface area contributed by atoms with E-state index in [0.29, 0.717) is 25.1 Å². The van der Waals surface area contributed by atoms with Crippen LogP contribution in [-0.2, 0) is 9.53 Å². The van der Waals surface area contributed by atoms with Crippen LogP contribution in [0.5, 0.6) is 0 Å². The molecule has 2 rings (SSSR count). The molecule has 0 radical (unpaired) electrons. The van der Waals surface area contributed by atoms with Crippen molar-refractivity contribution in [2.75, 3.05) is 20.2 Å². The number of amides is 1. The minimum absolute atomic E-state index is 0.0317. The van der Waals surface area contributed by atoms with E-state index < -0.39 is 0 Å². The van der Waals surface area contributed by atoms with Gasteiger partial charge in [0.25, 0.3) is 5.91 Å². The standard InChI is InChI=1S/C14H16BrNO3/c1-9-5-11(7-12(15)6-9)13(17)16-4-3-10(8-16)14(18)19-2/h5-7,10H,3-4,8H2,1-2H3. The molecule has 0 saturated carbocycles. The van der Waals surface area contributed by atoms with E-state index in [9.17, 15) is 9.59 Å². The summed E-state index contributed by atoms with van der Waals surface area (Å²) in [5.41, 5.74) is 1.68. The Balaban J connectivity index is 2.11. The van der Waals surface area contributed by atoms with E-state index in [2.05, 4.69) is 15.9 Å². The Morgan fingerprint density at radius 2 is 2.11 bits per heavy atom. The molecule has 1 heterocycles. The van der Waals surface area contributed by atoms with Crippen molar-refractivity contribution < 1.29 is 14.3 Å². The van der Waals surface area contributed by atoms with Gasteiger partial charge in [0.05, 0.1) is 13.0 Å². The zero-order valence-corrected chi connectivity index (χ0v) is 12.6. The Morgan fingerprint density at radius 1 is 1.37 bits per heavy atom. The van der Waals surface area contributed by atoms with Gasteiger partial charge in [-0.25, -0.2) is 0 Å². The van der Waals surface area contributed by atoms with Crippen molar-refractivity contribution in [1.82, 2.24) is 4.90 Å². The van der Waals surface area contributed by atoms with Gasteiger partial charge in [-0.3, -0.25) is 9.59 Å². The molecule has 1 aliphatic heterocycles. The van der Waals surface area contributed by atoms with Crippen LogP contribution >= 0.6 is 15.9 Å². The van der Waals surface area contributed by atoms with Gasteiger partial charge in [0, 0.05) is 23.1 Å². The van der Waals surface area contributed by atoms with E-state index in [4.69, 9.17) is 4.74 Å². The van der Waals surface area contributed by atoms with Gasteiger partial charge in [0.15, 0.2) is 0 Å². The van der Waals surface area contributed by atoms with Crippen molar-refractivity contribution in [1.29, 1.82) is 0 Å². The molecule has 0 bridgehead atoms. The second-order valence-corrected chi connectivity index (χ2v) is 5.69. The lowest BCUT2D eigenvalue weighted by Crippen LogP contribution is -2.30. The largest absolute Gasteiger partial charge is 0.469 e. The predicted molar refractivity (Wildman–Crippen MR) is 74.9 cm³/mol. The van der Waals surface area contributed by atoms with Crippen LogP contribution in [-0.4, -0.2) is 37.0 Å². The lowest BCUT2D eigenvalue weighted by Gasteiger charge is -2.16. The smallest absolute Gasteiger partial charge is 0.310 e. The van der Waals surface area contributed by atoms with Crippen LogP contribution in [0.2, 0.25) is 0 Å². The van der Waals surface area contributed by atoms with Gasteiger partial charge in [-0.05, 0) is 37.1 Å². The number of nitrogens with zero attached hydrogens (tertiary/aromatic N) is 1. The molecule has 0 spiro atoms. The molecule has 5 heteroatoms. The Bertz CT molecular complexity index is 495. The molecule has 1 amide bonds. The lowest BCUT2D eigenvalue weighted by molar-refractivity contribution is -0.144. The molecule has 1 saturated heterocycles. The van der Waals surface area contributed by atoms with E-state index in [1.807, 2.05) is 19.1 Å². The highest BCUT2D eigenvalue weighted by atomic mass is 79.9. The summed E-state index contributed by atoms with van der Waals surface area (Å²) < 4.78 is 5.61. The molecule has 1 aromatic carbocycles. The molecular weight excluding hydrogens is 310 g/mol. The van der Waals surface area contributed by atoms with Gasteiger partial charge in [-0.1, -0.05) is 15.9 Å². The second-order valence-electron chi connectivity index (χ2n) is 4.78. The van der Waals surface area contributed by atoms with Crippen molar-refractivity contribution in [3.63, 3.8) is 0 Å². The maximum absolute atomic E-state index is 12.4. The first-order valence-corrected chi connectivity index (χ1v) is 6.95. The molecular formula is C14H16BrNO3. The molecule has 1 aliphatic rings. The van der Waals surface area contributed by atoms with Crippen LogP contribution in [0.1, 0.15) is 22.3 Å². The molecule has 102 valence electrons. The summed E-state index contributed by atoms with van der Waals surface area (Å²) >= 11 is 3.39. The zero-order valence-electron chi connectivity index (χ0n) is 11.0. The Hall–Kier alpha value is -1.36. The molecule has 0 N–H and O–H groups in total. The number of benzene rings is 1. The van der Waals surface area contributed by atoms with Gasteiger partial charge in [0.1, 0.15) is 0 Å². The number of halogens is 1. The minimum atomic E-state index is -0.235. The van der Waals surface area contributed by atoms with E-state index in [1.165, 1.54) is 7.11 Å². The SMILES string of the molecule is COC(=O)C1CCN(C(=O)c2cc(C)cc(Br)c2)C1. The van der Waals surface area contributed by atoms with Gasteiger partial charge in [-0.2, -0.15) is 0 Å². The summed E-state index contributed by atoms with van der Waals surface area (Å²) in [6.45, 7) is 2.99. The van der Waals surface area contributed by atoms with E-state index in [1.54, 1.807) is 11.0 Å². The number of rotatable bonds is 2. The fourth-order valence-corrected chi connectivity index (χ4v) is 2.95. The monoisotopic (exact) mass is 325 g/mol. The minimum Gasteiger partial charge on any atom is -0.469 e.